The molecule has 0 radical (unpaired) electrons. The number of aromatic amines is 1. The highest BCUT2D eigenvalue weighted by molar-refractivity contribution is 6.88. The van der Waals surface area contributed by atoms with E-state index in [0.29, 0.717) is 35.3 Å². The Bertz CT molecular complexity index is 944. The molecule has 2 aliphatic rings. The summed E-state index contributed by atoms with van der Waals surface area (Å²) in [5, 5.41) is 0. The highest BCUT2D eigenvalue weighted by atomic mass is 28.4. The molecule has 0 amide bonds. The summed E-state index contributed by atoms with van der Waals surface area (Å²) in [7, 11) is -5.18. The van der Waals surface area contributed by atoms with E-state index in [-0.39, 0.29) is 11.6 Å². The number of nitrogens with two attached hydrogens (primary N) is 1. The van der Waals surface area contributed by atoms with Crippen LogP contribution in [-0.2, 0) is 13.3 Å². The second-order valence-corrected chi connectivity index (χ2v) is 20.8. The number of nitrogens with one attached hydrogen (secondary N) is 1. The van der Waals surface area contributed by atoms with Gasteiger partial charge in [-0.2, -0.15) is 0 Å². The molecule has 0 saturated carbocycles. The number of fused-ring (bicyclic) bond motifs is 1. The van der Waals surface area contributed by atoms with Crippen LogP contribution in [0.4, 0.5) is 0 Å². The predicted octanol–water partition coefficient (Wildman–Crippen LogP) is 3.84. The van der Waals surface area contributed by atoms with Gasteiger partial charge in [-0.1, -0.05) is 62.3 Å². The number of H-pyrrole nitrogens is 1. The minimum Gasteiger partial charge on any atom is -0.434 e. The van der Waals surface area contributed by atoms with Crippen LogP contribution < -0.4 is 17.0 Å². The molecule has 188 valence electrons. The van der Waals surface area contributed by atoms with Gasteiger partial charge in [0, 0.05) is 29.8 Å². The minimum absolute atomic E-state index is 0.0331. The van der Waals surface area contributed by atoms with Crippen molar-refractivity contribution in [3.8, 4) is 0 Å². The monoisotopic (exact) mass is 497 g/mol. The van der Waals surface area contributed by atoms with Gasteiger partial charge in [0.25, 0.3) is 5.56 Å². The number of ether oxygens (including phenoxy) is 1. The van der Waals surface area contributed by atoms with Crippen LogP contribution in [0.1, 0.15) is 68.5 Å². The molecule has 2 fully saturated rings. The smallest absolute Gasteiger partial charge is 0.333 e. The summed E-state index contributed by atoms with van der Waals surface area (Å²) in [4.78, 5) is 26.8. The van der Waals surface area contributed by atoms with Crippen LogP contribution in [0.2, 0.25) is 27.7 Å². The minimum atomic E-state index is -2.59. The van der Waals surface area contributed by atoms with E-state index in [0.717, 1.165) is 0 Å². The predicted molar refractivity (Wildman–Crippen MR) is 135 cm³/mol. The van der Waals surface area contributed by atoms with Gasteiger partial charge in [0.05, 0.1) is 12.7 Å². The SMILES string of the molecule is CC(C)[Si]1(C(C)C)OCC2OC(n3ccc(=O)[nH]c3=O)C(C)(CN)C2[Si](C(C)C)(C(C)C)O1. The molecule has 2 aliphatic heterocycles. The van der Waals surface area contributed by atoms with Crippen molar-refractivity contribution in [3.05, 3.63) is 33.1 Å². The molecule has 3 N–H and O–H groups in total. The maximum Gasteiger partial charge on any atom is 0.333 e. The molecule has 3 rings (SSSR count). The lowest BCUT2D eigenvalue weighted by molar-refractivity contribution is -0.0508. The summed E-state index contributed by atoms with van der Waals surface area (Å²) < 4.78 is 22.5. The average molecular weight is 498 g/mol. The summed E-state index contributed by atoms with van der Waals surface area (Å²) in [6.07, 6.45) is 0.679. The molecule has 1 aromatic heterocycles. The Kier molecular flexibility index (Phi) is 7.40. The van der Waals surface area contributed by atoms with Gasteiger partial charge in [0.1, 0.15) is 6.23 Å². The molecule has 2 saturated heterocycles. The number of nitrogens with zero attached hydrogens (tertiary/aromatic N) is 1. The maximum absolute atomic E-state index is 12.8. The van der Waals surface area contributed by atoms with E-state index in [1.807, 2.05) is 0 Å². The fourth-order valence-electron chi connectivity index (χ4n) is 6.58. The first-order chi connectivity index (χ1) is 15.3. The Morgan fingerprint density at radius 2 is 1.67 bits per heavy atom. The molecule has 10 heteroatoms. The van der Waals surface area contributed by atoms with Crippen LogP contribution in [0, 0.1) is 5.41 Å². The summed E-state index contributed by atoms with van der Waals surface area (Å²) >= 11 is 0. The van der Waals surface area contributed by atoms with Crippen LogP contribution in [-0.4, -0.2) is 45.7 Å². The molecule has 1 aromatic rings. The van der Waals surface area contributed by atoms with Crippen LogP contribution in [0.15, 0.2) is 21.9 Å². The van der Waals surface area contributed by atoms with Crippen molar-refractivity contribution >= 4 is 16.9 Å². The first kappa shape index (κ1) is 26.6. The fraction of sp³-hybridized carbons (Fsp3) is 0.826. The van der Waals surface area contributed by atoms with Crippen LogP contribution >= 0.6 is 0 Å². The van der Waals surface area contributed by atoms with Gasteiger partial charge < -0.3 is 19.0 Å². The number of aromatic nitrogens is 2. The lowest BCUT2D eigenvalue weighted by Gasteiger charge is -2.53. The Morgan fingerprint density at radius 1 is 1.09 bits per heavy atom. The molecule has 0 aliphatic carbocycles. The Labute approximate surface area is 199 Å². The van der Waals surface area contributed by atoms with E-state index in [9.17, 15) is 9.59 Å². The fourth-order valence-corrected chi connectivity index (χ4v) is 20.5. The normalized spacial score (nSPS) is 31.4. The summed E-state index contributed by atoms with van der Waals surface area (Å²) in [5.74, 6) is 0. The Morgan fingerprint density at radius 3 is 2.12 bits per heavy atom. The second kappa shape index (κ2) is 9.20. The number of hydrogen-bond acceptors (Lipinski definition) is 6. The van der Waals surface area contributed by atoms with Crippen molar-refractivity contribution in [2.75, 3.05) is 13.2 Å². The first-order valence-electron chi connectivity index (χ1n) is 12.3. The van der Waals surface area contributed by atoms with E-state index in [4.69, 9.17) is 19.0 Å². The lowest BCUT2D eigenvalue weighted by atomic mass is 9.84. The molecular weight excluding hydrogens is 454 g/mol. The first-order valence-corrected chi connectivity index (χ1v) is 16.4. The molecule has 0 aromatic carbocycles. The van der Waals surface area contributed by atoms with E-state index in [1.165, 1.54) is 16.8 Å². The van der Waals surface area contributed by atoms with Crippen molar-refractivity contribution < 1.29 is 13.3 Å². The van der Waals surface area contributed by atoms with Crippen molar-refractivity contribution in [1.29, 1.82) is 0 Å². The van der Waals surface area contributed by atoms with Gasteiger partial charge in [-0.25, -0.2) is 4.79 Å². The zero-order valence-corrected chi connectivity index (χ0v) is 23.7. The van der Waals surface area contributed by atoms with Crippen molar-refractivity contribution in [3.63, 3.8) is 0 Å². The molecule has 33 heavy (non-hydrogen) atoms. The highest BCUT2D eigenvalue weighted by Gasteiger charge is 2.69. The van der Waals surface area contributed by atoms with E-state index < -0.39 is 39.8 Å². The van der Waals surface area contributed by atoms with Gasteiger partial charge in [-0.3, -0.25) is 14.3 Å². The van der Waals surface area contributed by atoms with E-state index in [1.54, 1.807) is 0 Å². The van der Waals surface area contributed by atoms with Gasteiger partial charge in [-0.05, 0) is 22.2 Å². The van der Waals surface area contributed by atoms with Crippen molar-refractivity contribution in [2.24, 2.45) is 11.1 Å². The van der Waals surface area contributed by atoms with Crippen molar-refractivity contribution in [2.45, 2.75) is 102 Å². The molecule has 0 bridgehead atoms. The average Bonchev–Trinajstić information content (AvgIpc) is 2.90. The third kappa shape index (κ3) is 3.96. The van der Waals surface area contributed by atoms with Gasteiger partial charge in [0.15, 0.2) is 8.32 Å². The van der Waals surface area contributed by atoms with Crippen LogP contribution in [0.5, 0.6) is 0 Å². The van der Waals surface area contributed by atoms with Crippen LogP contribution in [0.25, 0.3) is 0 Å². The molecule has 3 heterocycles. The third-order valence-electron chi connectivity index (χ3n) is 8.20. The topological polar surface area (TPSA) is 109 Å². The summed E-state index contributed by atoms with van der Waals surface area (Å²) in [5.41, 5.74) is 6.26. The van der Waals surface area contributed by atoms with Crippen LogP contribution in [0.3, 0.4) is 0 Å². The van der Waals surface area contributed by atoms with Gasteiger partial charge in [-0.15, -0.1) is 0 Å². The zero-order valence-electron chi connectivity index (χ0n) is 21.7. The van der Waals surface area contributed by atoms with Crippen molar-refractivity contribution in [1.82, 2.24) is 9.55 Å². The van der Waals surface area contributed by atoms with Gasteiger partial charge in [0.2, 0.25) is 0 Å². The number of rotatable bonds is 6. The molecule has 0 spiro atoms. The summed E-state index contributed by atoms with van der Waals surface area (Å²) in [6.45, 7) is 20.8. The maximum atomic E-state index is 12.8. The Balaban J connectivity index is 2.26. The van der Waals surface area contributed by atoms with Gasteiger partial charge >= 0.3 is 14.3 Å². The molecule has 4 atom stereocenters. The zero-order chi connectivity index (χ0) is 24.9. The highest BCUT2D eigenvalue weighted by Crippen LogP contribution is 2.64. The quantitative estimate of drug-likeness (QED) is 0.578. The Hall–Kier alpha value is -1.05. The van der Waals surface area contributed by atoms with E-state index in [2.05, 4.69) is 67.3 Å². The van der Waals surface area contributed by atoms with E-state index >= 15 is 0 Å². The molecular formula is C23H43N3O5Si2. The number of hydrogen-bond donors (Lipinski definition) is 2. The molecule has 4 unspecified atom stereocenters. The largest absolute Gasteiger partial charge is 0.434 e. The lowest BCUT2D eigenvalue weighted by Crippen LogP contribution is -2.63. The summed E-state index contributed by atoms with van der Waals surface area (Å²) in [6, 6.07) is 1.36. The second-order valence-electron chi connectivity index (χ2n) is 11.3. The third-order valence-corrected chi connectivity index (χ3v) is 20.3. The molecule has 8 nitrogen and oxygen atoms in total. The standard InChI is InChI=1S/C23H43N3O5Si2/c1-14(2)32(15(3)4)20-18(12-29-33(31-32,16(5)6)17(7)8)30-21(23(20,9)13-24)26-11-10-19(27)25-22(26)28/h10-11,14-18,20-21H,12-13,24H2,1-9H3,(H,25,27,28).